The number of para-hydroxylation sites is 1. The summed E-state index contributed by atoms with van der Waals surface area (Å²) in [5.41, 5.74) is 1.43. The van der Waals surface area contributed by atoms with Gasteiger partial charge in [0.05, 0.1) is 0 Å². The van der Waals surface area contributed by atoms with Crippen molar-refractivity contribution in [1.82, 2.24) is 5.32 Å². The Balaban J connectivity index is 1.92. The van der Waals surface area contributed by atoms with Crippen LogP contribution in [0, 0.1) is 11.3 Å². The van der Waals surface area contributed by atoms with Gasteiger partial charge in [-0.1, -0.05) is 39.0 Å². The van der Waals surface area contributed by atoms with Crippen molar-refractivity contribution in [3.63, 3.8) is 0 Å². The molecule has 2 unspecified atom stereocenters. The molecule has 1 fully saturated rings. The molecule has 2 N–H and O–H groups in total. The number of hydrogen-bond acceptors (Lipinski definition) is 2. The fraction of sp³-hybridized carbons (Fsp3) is 0.625. The van der Waals surface area contributed by atoms with Crippen molar-refractivity contribution in [2.24, 2.45) is 11.3 Å². The van der Waals surface area contributed by atoms with Gasteiger partial charge in [-0.15, -0.1) is 0 Å². The Morgan fingerprint density at radius 2 is 2.00 bits per heavy atom. The first kappa shape index (κ1) is 13.4. The first-order valence-electron chi connectivity index (χ1n) is 6.96. The number of nitrogens with one attached hydrogen (secondary N) is 1. The monoisotopic (exact) mass is 247 g/mol. The van der Waals surface area contributed by atoms with E-state index in [9.17, 15) is 5.11 Å². The lowest BCUT2D eigenvalue weighted by molar-refractivity contribution is 0.150. The predicted octanol–water partition coefficient (Wildman–Crippen LogP) is 3.70. The van der Waals surface area contributed by atoms with Gasteiger partial charge in [-0.2, -0.15) is 0 Å². The van der Waals surface area contributed by atoms with E-state index in [1.54, 1.807) is 6.07 Å². The maximum Gasteiger partial charge on any atom is 0.120 e. The highest BCUT2D eigenvalue weighted by molar-refractivity contribution is 5.31. The maximum absolute atomic E-state index is 9.75. The molecule has 1 aromatic rings. The normalized spacial score (nSPS) is 27.1. The van der Waals surface area contributed by atoms with Crippen LogP contribution in [-0.4, -0.2) is 11.1 Å². The summed E-state index contributed by atoms with van der Waals surface area (Å²) < 4.78 is 0. The Bertz CT molecular complexity index is 400. The van der Waals surface area contributed by atoms with Crippen molar-refractivity contribution < 1.29 is 5.11 Å². The smallest absolute Gasteiger partial charge is 0.120 e. The lowest BCUT2D eigenvalue weighted by atomic mass is 9.70. The molecule has 1 aromatic carbocycles. The molecule has 0 saturated heterocycles. The Hall–Kier alpha value is -1.02. The minimum atomic E-state index is 0.396. The van der Waals surface area contributed by atoms with E-state index >= 15 is 0 Å². The van der Waals surface area contributed by atoms with Crippen LogP contribution >= 0.6 is 0 Å². The average Bonchev–Trinajstić information content (AvgIpc) is 2.25. The molecule has 0 aromatic heterocycles. The van der Waals surface area contributed by atoms with Crippen LogP contribution in [0.3, 0.4) is 0 Å². The summed E-state index contributed by atoms with van der Waals surface area (Å²) in [5.74, 6) is 1.18. The molecule has 2 atom stereocenters. The van der Waals surface area contributed by atoms with Crippen LogP contribution in [0.1, 0.15) is 45.6 Å². The zero-order valence-electron chi connectivity index (χ0n) is 11.7. The summed E-state index contributed by atoms with van der Waals surface area (Å²) in [4.78, 5) is 0. The maximum atomic E-state index is 9.75. The van der Waals surface area contributed by atoms with Crippen LogP contribution in [0.5, 0.6) is 5.75 Å². The zero-order valence-corrected chi connectivity index (χ0v) is 11.7. The second-order valence-electron chi connectivity index (χ2n) is 6.62. The molecule has 0 bridgehead atoms. The number of hydrogen-bond donors (Lipinski definition) is 2. The third-order valence-electron chi connectivity index (χ3n) is 3.96. The molecule has 1 aliphatic rings. The second kappa shape index (κ2) is 5.31. The fourth-order valence-corrected chi connectivity index (χ4v) is 3.42. The standard InChI is InChI=1S/C16H25NO/c1-12-8-14(10-16(2,3)9-12)17-11-13-6-4-5-7-15(13)18/h4-7,12,14,17-18H,8-11H2,1-3H3. The van der Waals surface area contributed by atoms with Crippen molar-refractivity contribution in [1.29, 1.82) is 0 Å². The zero-order chi connectivity index (χ0) is 13.2. The number of rotatable bonds is 3. The Kier molecular flexibility index (Phi) is 3.96. The van der Waals surface area contributed by atoms with Gasteiger partial charge < -0.3 is 10.4 Å². The SMILES string of the molecule is CC1CC(NCc2ccccc2O)CC(C)(C)C1. The topological polar surface area (TPSA) is 32.3 Å². The first-order valence-corrected chi connectivity index (χ1v) is 6.96. The van der Waals surface area contributed by atoms with E-state index in [2.05, 4.69) is 26.1 Å². The molecular weight excluding hydrogens is 222 g/mol. The van der Waals surface area contributed by atoms with Crippen LogP contribution in [0.25, 0.3) is 0 Å². The lowest BCUT2D eigenvalue weighted by Gasteiger charge is -2.39. The Labute approximate surface area is 110 Å². The number of aromatic hydroxyl groups is 1. The van der Waals surface area contributed by atoms with Gasteiger partial charge in [0.25, 0.3) is 0 Å². The lowest BCUT2D eigenvalue weighted by Crippen LogP contribution is -2.39. The molecule has 2 heteroatoms. The van der Waals surface area contributed by atoms with E-state index in [1.165, 1.54) is 19.3 Å². The summed E-state index contributed by atoms with van der Waals surface area (Å²) in [7, 11) is 0. The van der Waals surface area contributed by atoms with Crippen LogP contribution in [-0.2, 0) is 6.54 Å². The molecule has 0 spiro atoms. The molecule has 1 saturated carbocycles. The van der Waals surface area contributed by atoms with Gasteiger partial charge in [0.15, 0.2) is 0 Å². The van der Waals surface area contributed by atoms with Gasteiger partial charge in [0.1, 0.15) is 5.75 Å². The van der Waals surface area contributed by atoms with Crippen molar-refractivity contribution in [2.45, 2.75) is 52.6 Å². The van der Waals surface area contributed by atoms with Gasteiger partial charge in [-0.05, 0) is 36.7 Å². The van der Waals surface area contributed by atoms with Crippen molar-refractivity contribution in [3.8, 4) is 5.75 Å². The molecule has 0 radical (unpaired) electrons. The molecule has 0 heterocycles. The summed E-state index contributed by atoms with van der Waals surface area (Å²) >= 11 is 0. The predicted molar refractivity (Wildman–Crippen MR) is 75.5 cm³/mol. The van der Waals surface area contributed by atoms with Crippen LogP contribution in [0.2, 0.25) is 0 Å². The van der Waals surface area contributed by atoms with E-state index in [4.69, 9.17) is 0 Å². The van der Waals surface area contributed by atoms with Crippen molar-refractivity contribution >= 4 is 0 Å². The fourth-order valence-electron chi connectivity index (χ4n) is 3.42. The number of phenols is 1. The molecule has 2 nitrogen and oxygen atoms in total. The summed E-state index contributed by atoms with van der Waals surface area (Å²) in [6.45, 7) is 7.82. The Morgan fingerprint density at radius 1 is 1.28 bits per heavy atom. The molecular formula is C16H25NO. The quantitative estimate of drug-likeness (QED) is 0.853. The third-order valence-corrected chi connectivity index (χ3v) is 3.96. The van der Waals surface area contributed by atoms with Crippen LogP contribution < -0.4 is 5.32 Å². The minimum Gasteiger partial charge on any atom is -0.508 e. The van der Waals surface area contributed by atoms with Crippen molar-refractivity contribution in [3.05, 3.63) is 29.8 Å². The van der Waals surface area contributed by atoms with Gasteiger partial charge in [0, 0.05) is 18.2 Å². The third kappa shape index (κ3) is 3.49. The highest BCUT2D eigenvalue weighted by Gasteiger charge is 2.31. The minimum absolute atomic E-state index is 0.396. The van der Waals surface area contributed by atoms with E-state index < -0.39 is 0 Å². The Morgan fingerprint density at radius 3 is 2.67 bits per heavy atom. The largest absolute Gasteiger partial charge is 0.508 e. The van der Waals surface area contributed by atoms with Gasteiger partial charge in [-0.25, -0.2) is 0 Å². The summed E-state index contributed by atoms with van der Waals surface area (Å²) in [5, 5.41) is 13.4. The van der Waals surface area contributed by atoms with Crippen LogP contribution in [0.15, 0.2) is 24.3 Å². The summed E-state index contributed by atoms with van der Waals surface area (Å²) in [6.07, 6.45) is 3.80. The van der Waals surface area contributed by atoms with E-state index in [0.717, 1.165) is 18.0 Å². The van der Waals surface area contributed by atoms with E-state index in [-0.39, 0.29) is 0 Å². The van der Waals surface area contributed by atoms with E-state index in [0.29, 0.717) is 17.2 Å². The first-order chi connectivity index (χ1) is 8.46. The van der Waals surface area contributed by atoms with Gasteiger partial charge >= 0.3 is 0 Å². The highest BCUT2D eigenvalue weighted by Crippen LogP contribution is 2.38. The van der Waals surface area contributed by atoms with Gasteiger partial charge in [-0.3, -0.25) is 0 Å². The molecule has 2 rings (SSSR count). The molecule has 0 aliphatic heterocycles. The number of benzene rings is 1. The van der Waals surface area contributed by atoms with Gasteiger partial charge in [0.2, 0.25) is 0 Å². The van der Waals surface area contributed by atoms with E-state index in [1.807, 2.05) is 18.2 Å². The summed E-state index contributed by atoms with van der Waals surface area (Å²) in [6, 6.07) is 8.15. The highest BCUT2D eigenvalue weighted by atomic mass is 16.3. The van der Waals surface area contributed by atoms with Crippen LogP contribution in [0.4, 0.5) is 0 Å². The van der Waals surface area contributed by atoms with Crippen molar-refractivity contribution in [2.75, 3.05) is 0 Å². The molecule has 18 heavy (non-hydrogen) atoms. The molecule has 100 valence electrons. The number of phenolic OH excluding ortho intramolecular Hbond substituents is 1. The molecule has 1 aliphatic carbocycles. The second-order valence-corrected chi connectivity index (χ2v) is 6.62. The average molecular weight is 247 g/mol. The molecule has 0 amide bonds.